The Bertz CT molecular complexity index is 416. The quantitative estimate of drug-likeness (QED) is 0.556. The number of nitrogens with one attached hydrogen (secondary N) is 1. The van der Waals surface area contributed by atoms with Crippen LogP contribution in [0.3, 0.4) is 0 Å². The van der Waals surface area contributed by atoms with Crippen molar-refractivity contribution in [2.75, 3.05) is 26.4 Å². The van der Waals surface area contributed by atoms with Gasteiger partial charge in [-0.1, -0.05) is 0 Å². The van der Waals surface area contributed by atoms with Crippen LogP contribution in [0.5, 0.6) is 0 Å². The van der Waals surface area contributed by atoms with Gasteiger partial charge < -0.3 is 14.8 Å². The molecule has 0 aliphatic carbocycles. The molecule has 0 aliphatic rings. The minimum atomic E-state index is -0.318. The molecule has 1 rings (SSSR count). The van der Waals surface area contributed by atoms with Crippen molar-refractivity contribution in [2.45, 2.75) is 27.3 Å². The van der Waals surface area contributed by atoms with Gasteiger partial charge in [-0.15, -0.1) is 0 Å². The van der Waals surface area contributed by atoms with E-state index in [-0.39, 0.29) is 12.6 Å². The Morgan fingerprint density at radius 1 is 1.42 bits per heavy atom. The Morgan fingerprint density at radius 2 is 2.16 bits per heavy atom. The van der Waals surface area contributed by atoms with E-state index in [0.29, 0.717) is 19.8 Å². The van der Waals surface area contributed by atoms with Gasteiger partial charge in [0.2, 0.25) is 0 Å². The van der Waals surface area contributed by atoms with Crippen LogP contribution in [0.25, 0.3) is 0 Å². The standard InChI is InChI=1S/C13H23N3O3/c1-5-19-13(17)9-18-7-6-14-8-12-10(2)15-16(4)11(12)3/h14H,5-9H2,1-4H3. The molecule has 0 atom stereocenters. The van der Waals surface area contributed by atoms with Gasteiger partial charge in [0.15, 0.2) is 0 Å². The van der Waals surface area contributed by atoms with E-state index in [4.69, 9.17) is 9.47 Å². The van der Waals surface area contributed by atoms with E-state index in [1.54, 1.807) is 6.92 Å². The van der Waals surface area contributed by atoms with E-state index >= 15 is 0 Å². The van der Waals surface area contributed by atoms with Gasteiger partial charge in [0.1, 0.15) is 6.61 Å². The number of hydrogen-bond acceptors (Lipinski definition) is 5. The van der Waals surface area contributed by atoms with Crippen molar-refractivity contribution in [1.29, 1.82) is 0 Å². The number of hydrogen-bond donors (Lipinski definition) is 1. The minimum absolute atomic E-state index is 0.0144. The molecule has 1 heterocycles. The molecule has 0 radical (unpaired) electrons. The predicted molar refractivity (Wildman–Crippen MR) is 71.8 cm³/mol. The average Bonchev–Trinajstić information content (AvgIpc) is 2.59. The molecular weight excluding hydrogens is 246 g/mol. The Hall–Kier alpha value is -1.40. The maximum absolute atomic E-state index is 11.0. The first-order valence-electron chi connectivity index (χ1n) is 6.49. The van der Waals surface area contributed by atoms with Gasteiger partial charge in [0, 0.05) is 31.4 Å². The summed E-state index contributed by atoms with van der Waals surface area (Å²) in [5, 5.41) is 7.63. The van der Waals surface area contributed by atoms with Crippen molar-refractivity contribution >= 4 is 5.97 Å². The van der Waals surface area contributed by atoms with Gasteiger partial charge in [-0.25, -0.2) is 4.79 Å². The molecule has 6 nitrogen and oxygen atoms in total. The summed E-state index contributed by atoms with van der Waals surface area (Å²) in [4.78, 5) is 11.0. The van der Waals surface area contributed by atoms with Crippen LogP contribution in [0.2, 0.25) is 0 Å². The van der Waals surface area contributed by atoms with Gasteiger partial charge in [0.25, 0.3) is 0 Å². The van der Waals surface area contributed by atoms with E-state index in [2.05, 4.69) is 10.4 Å². The lowest BCUT2D eigenvalue weighted by Gasteiger charge is -2.06. The monoisotopic (exact) mass is 269 g/mol. The summed E-state index contributed by atoms with van der Waals surface area (Å²) >= 11 is 0. The maximum Gasteiger partial charge on any atom is 0.332 e. The summed E-state index contributed by atoms with van der Waals surface area (Å²) in [5.74, 6) is -0.318. The van der Waals surface area contributed by atoms with Crippen LogP contribution < -0.4 is 5.32 Å². The Labute approximate surface area is 114 Å². The molecule has 1 aromatic rings. The number of esters is 1. The lowest BCUT2D eigenvalue weighted by molar-refractivity contribution is -0.148. The highest BCUT2D eigenvalue weighted by atomic mass is 16.6. The SMILES string of the molecule is CCOC(=O)COCCNCc1c(C)nn(C)c1C. The van der Waals surface area contributed by atoms with E-state index in [1.807, 2.05) is 25.6 Å². The zero-order chi connectivity index (χ0) is 14.3. The maximum atomic E-state index is 11.0. The van der Waals surface area contributed by atoms with Crippen molar-refractivity contribution in [2.24, 2.45) is 7.05 Å². The molecule has 0 unspecified atom stereocenters. The van der Waals surface area contributed by atoms with Crippen LogP contribution in [0.4, 0.5) is 0 Å². The Morgan fingerprint density at radius 3 is 2.74 bits per heavy atom. The number of ether oxygens (including phenoxy) is 2. The molecule has 0 aromatic carbocycles. The first kappa shape index (κ1) is 15.7. The van der Waals surface area contributed by atoms with Crippen LogP contribution in [0.1, 0.15) is 23.9 Å². The Kier molecular flexibility index (Phi) is 6.52. The molecule has 0 amide bonds. The third-order valence-corrected chi connectivity index (χ3v) is 2.91. The summed E-state index contributed by atoms with van der Waals surface area (Å²) in [7, 11) is 1.94. The minimum Gasteiger partial charge on any atom is -0.464 e. The van der Waals surface area contributed by atoms with Crippen molar-refractivity contribution < 1.29 is 14.3 Å². The Balaban J connectivity index is 2.16. The molecule has 19 heavy (non-hydrogen) atoms. The van der Waals surface area contributed by atoms with Crippen molar-refractivity contribution in [3.8, 4) is 0 Å². The van der Waals surface area contributed by atoms with Gasteiger partial charge >= 0.3 is 5.97 Å². The van der Waals surface area contributed by atoms with Crippen LogP contribution in [0.15, 0.2) is 0 Å². The van der Waals surface area contributed by atoms with Crippen LogP contribution in [-0.4, -0.2) is 42.1 Å². The second-order valence-electron chi connectivity index (χ2n) is 4.31. The molecule has 0 saturated carbocycles. The lowest BCUT2D eigenvalue weighted by atomic mass is 10.2. The number of aromatic nitrogens is 2. The first-order valence-corrected chi connectivity index (χ1v) is 6.49. The number of carbonyl (C=O) groups excluding carboxylic acids is 1. The smallest absolute Gasteiger partial charge is 0.332 e. The number of carbonyl (C=O) groups is 1. The normalized spacial score (nSPS) is 10.7. The molecule has 0 aliphatic heterocycles. The van der Waals surface area contributed by atoms with Crippen molar-refractivity contribution in [3.63, 3.8) is 0 Å². The van der Waals surface area contributed by atoms with E-state index in [1.165, 1.54) is 5.56 Å². The fourth-order valence-electron chi connectivity index (χ4n) is 1.79. The fraction of sp³-hybridized carbons (Fsp3) is 0.692. The second-order valence-corrected chi connectivity index (χ2v) is 4.31. The summed E-state index contributed by atoms with van der Waals surface area (Å²) in [5.41, 5.74) is 3.42. The van der Waals surface area contributed by atoms with Crippen LogP contribution >= 0.6 is 0 Å². The molecule has 1 N–H and O–H groups in total. The third-order valence-electron chi connectivity index (χ3n) is 2.91. The van der Waals surface area contributed by atoms with Gasteiger partial charge in [-0.05, 0) is 20.8 Å². The number of rotatable bonds is 8. The first-order chi connectivity index (χ1) is 9.06. The molecule has 1 aromatic heterocycles. The highest BCUT2D eigenvalue weighted by Gasteiger charge is 2.08. The van der Waals surface area contributed by atoms with Crippen LogP contribution in [-0.2, 0) is 27.9 Å². The van der Waals surface area contributed by atoms with Crippen molar-refractivity contribution in [1.82, 2.24) is 15.1 Å². The molecular formula is C13H23N3O3. The molecule has 0 spiro atoms. The fourth-order valence-corrected chi connectivity index (χ4v) is 1.79. The summed E-state index contributed by atoms with van der Waals surface area (Å²) in [6.07, 6.45) is 0. The van der Waals surface area contributed by atoms with Crippen molar-refractivity contribution in [3.05, 3.63) is 17.0 Å². The van der Waals surface area contributed by atoms with E-state index in [0.717, 1.165) is 17.9 Å². The molecule has 0 fully saturated rings. The number of aryl methyl sites for hydroxylation is 2. The second kappa shape index (κ2) is 7.91. The highest BCUT2D eigenvalue weighted by molar-refractivity contribution is 5.70. The largest absolute Gasteiger partial charge is 0.464 e. The lowest BCUT2D eigenvalue weighted by Crippen LogP contribution is -2.22. The predicted octanol–water partition coefficient (Wildman–Crippen LogP) is 0.706. The highest BCUT2D eigenvalue weighted by Crippen LogP contribution is 2.10. The van der Waals surface area contributed by atoms with Gasteiger partial charge in [0.05, 0.1) is 18.9 Å². The van der Waals surface area contributed by atoms with Gasteiger partial charge in [-0.2, -0.15) is 5.10 Å². The van der Waals surface area contributed by atoms with E-state index in [9.17, 15) is 4.79 Å². The number of nitrogens with zero attached hydrogens (tertiary/aromatic N) is 2. The summed E-state index contributed by atoms with van der Waals surface area (Å²) < 4.78 is 11.8. The summed E-state index contributed by atoms with van der Waals surface area (Å²) in [6, 6.07) is 0. The summed E-state index contributed by atoms with van der Waals surface area (Å²) in [6.45, 7) is 8.16. The molecule has 6 heteroatoms. The topological polar surface area (TPSA) is 65.4 Å². The van der Waals surface area contributed by atoms with Crippen LogP contribution in [0, 0.1) is 13.8 Å². The zero-order valence-corrected chi connectivity index (χ0v) is 12.2. The third kappa shape index (κ3) is 5.00. The molecule has 0 bridgehead atoms. The molecule has 0 saturated heterocycles. The van der Waals surface area contributed by atoms with Gasteiger partial charge in [-0.3, -0.25) is 4.68 Å². The van der Waals surface area contributed by atoms with E-state index < -0.39 is 0 Å². The average molecular weight is 269 g/mol. The molecule has 108 valence electrons. The zero-order valence-electron chi connectivity index (χ0n) is 12.2.